The van der Waals surface area contributed by atoms with E-state index in [1.165, 1.54) is 25.8 Å². The summed E-state index contributed by atoms with van der Waals surface area (Å²) < 4.78 is 0. The Bertz CT molecular complexity index is 290. The van der Waals surface area contributed by atoms with E-state index in [1.54, 1.807) is 0 Å². The van der Waals surface area contributed by atoms with Gasteiger partial charge in [0, 0.05) is 31.7 Å². The molecular formula is C12H21N3O. The Morgan fingerprint density at radius 1 is 1.12 bits per heavy atom. The Balaban J connectivity index is 1.59. The molecule has 0 aromatic rings. The molecule has 3 aliphatic rings. The number of nitrogens with one attached hydrogen (secondary N) is 1. The summed E-state index contributed by atoms with van der Waals surface area (Å²) in [6.45, 7) is 3.27. The van der Waals surface area contributed by atoms with E-state index in [1.807, 2.05) is 7.05 Å². The monoisotopic (exact) mass is 223 g/mol. The molecule has 2 unspecified atom stereocenters. The van der Waals surface area contributed by atoms with Crippen LogP contribution in [0.2, 0.25) is 0 Å². The van der Waals surface area contributed by atoms with Crippen molar-refractivity contribution in [3.63, 3.8) is 0 Å². The van der Waals surface area contributed by atoms with Crippen molar-refractivity contribution in [2.45, 2.75) is 43.8 Å². The lowest BCUT2D eigenvalue weighted by Gasteiger charge is -2.24. The number of rotatable bonds is 3. The minimum Gasteiger partial charge on any atom is -0.337 e. The minimum absolute atomic E-state index is 0.0787. The Kier molecular flexibility index (Phi) is 2.64. The molecule has 2 saturated heterocycles. The Labute approximate surface area is 97.0 Å². The third-order valence-electron chi connectivity index (χ3n) is 4.29. The number of carbonyl (C=O) groups is 1. The van der Waals surface area contributed by atoms with Crippen molar-refractivity contribution < 1.29 is 4.79 Å². The summed E-state index contributed by atoms with van der Waals surface area (Å²) in [5.41, 5.74) is 0. The van der Waals surface area contributed by atoms with E-state index < -0.39 is 0 Å². The lowest BCUT2D eigenvalue weighted by atomic mass is 10.2. The molecule has 0 bridgehead atoms. The van der Waals surface area contributed by atoms with Gasteiger partial charge >= 0.3 is 0 Å². The summed E-state index contributed by atoms with van der Waals surface area (Å²) >= 11 is 0. The van der Waals surface area contributed by atoms with E-state index in [0.717, 1.165) is 25.6 Å². The highest BCUT2D eigenvalue weighted by atomic mass is 16.2. The van der Waals surface area contributed by atoms with E-state index in [2.05, 4.69) is 15.1 Å². The van der Waals surface area contributed by atoms with E-state index in [-0.39, 0.29) is 6.04 Å². The summed E-state index contributed by atoms with van der Waals surface area (Å²) in [5, 5.41) is 3.11. The van der Waals surface area contributed by atoms with Gasteiger partial charge in [0.1, 0.15) is 0 Å². The van der Waals surface area contributed by atoms with Crippen LogP contribution in [-0.2, 0) is 4.79 Å². The maximum atomic E-state index is 12.1. The maximum Gasteiger partial charge on any atom is 0.240 e. The second-order valence-electron chi connectivity index (χ2n) is 5.33. The van der Waals surface area contributed by atoms with Gasteiger partial charge in [0.05, 0.1) is 6.04 Å². The van der Waals surface area contributed by atoms with Gasteiger partial charge < -0.3 is 10.2 Å². The zero-order chi connectivity index (χ0) is 11.1. The van der Waals surface area contributed by atoms with Crippen LogP contribution in [0.15, 0.2) is 0 Å². The van der Waals surface area contributed by atoms with Gasteiger partial charge in [-0.05, 0) is 32.7 Å². The Hall–Kier alpha value is -0.610. The quantitative estimate of drug-likeness (QED) is 0.734. The van der Waals surface area contributed by atoms with Crippen molar-refractivity contribution in [3.8, 4) is 0 Å². The van der Waals surface area contributed by atoms with Gasteiger partial charge in [0.15, 0.2) is 0 Å². The molecule has 0 aromatic heterocycles. The first-order valence-corrected chi connectivity index (χ1v) is 6.51. The topological polar surface area (TPSA) is 35.6 Å². The average molecular weight is 223 g/mol. The van der Waals surface area contributed by atoms with Crippen LogP contribution in [-0.4, -0.2) is 60.5 Å². The van der Waals surface area contributed by atoms with Crippen LogP contribution in [0.4, 0.5) is 0 Å². The number of hydrogen-bond acceptors (Lipinski definition) is 3. The molecule has 1 aliphatic carbocycles. The van der Waals surface area contributed by atoms with Crippen LogP contribution < -0.4 is 5.32 Å². The van der Waals surface area contributed by atoms with Crippen molar-refractivity contribution in [2.24, 2.45) is 0 Å². The van der Waals surface area contributed by atoms with Gasteiger partial charge in [-0.25, -0.2) is 0 Å². The third-order valence-corrected chi connectivity index (χ3v) is 4.29. The highest BCUT2D eigenvalue weighted by Crippen LogP contribution is 2.32. The maximum absolute atomic E-state index is 12.1. The highest BCUT2D eigenvalue weighted by Gasteiger charge is 2.41. The van der Waals surface area contributed by atoms with Crippen LogP contribution in [0.1, 0.15) is 25.7 Å². The molecule has 2 atom stereocenters. The standard InChI is InChI=1S/C12H21N3O/c1-13-11-5-7-15(12(11)16)10-4-6-14(8-10)9-2-3-9/h9-11,13H,2-8H2,1H3. The lowest BCUT2D eigenvalue weighted by Crippen LogP contribution is -2.43. The molecule has 0 spiro atoms. The molecule has 1 N–H and O–H groups in total. The summed E-state index contributed by atoms with van der Waals surface area (Å²) in [4.78, 5) is 16.7. The van der Waals surface area contributed by atoms with Crippen LogP contribution in [0.25, 0.3) is 0 Å². The molecule has 4 heteroatoms. The molecule has 4 nitrogen and oxygen atoms in total. The molecule has 2 heterocycles. The lowest BCUT2D eigenvalue weighted by molar-refractivity contribution is -0.131. The zero-order valence-electron chi connectivity index (χ0n) is 9.98. The SMILES string of the molecule is CNC1CCN(C2CCN(C3CC3)C2)C1=O. The summed E-state index contributed by atoms with van der Waals surface area (Å²) in [7, 11) is 1.89. The van der Waals surface area contributed by atoms with Gasteiger partial charge in [0.25, 0.3) is 0 Å². The first-order chi connectivity index (χ1) is 7.79. The number of likely N-dealkylation sites (tertiary alicyclic amines) is 2. The van der Waals surface area contributed by atoms with Crippen molar-refractivity contribution in [2.75, 3.05) is 26.7 Å². The van der Waals surface area contributed by atoms with Gasteiger partial charge in [-0.1, -0.05) is 0 Å². The average Bonchev–Trinajstić information content (AvgIpc) is 2.91. The molecule has 3 rings (SSSR count). The zero-order valence-corrected chi connectivity index (χ0v) is 9.98. The summed E-state index contributed by atoms with van der Waals surface area (Å²) in [6.07, 6.45) is 4.91. The molecule has 0 radical (unpaired) electrons. The van der Waals surface area contributed by atoms with Gasteiger partial charge in [-0.15, -0.1) is 0 Å². The predicted octanol–water partition coefficient (Wildman–Crippen LogP) is 0.0434. The van der Waals surface area contributed by atoms with Gasteiger partial charge in [0.2, 0.25) is 5.91 Å². The molecule has 16 heavy (non-hydrogen) atoms. The smallest absolute Gasteiger partial charge is 0.240 e. The van der Waals surface area contributed by atoms with Crippen molar-refractivity contribution in [1.82, 2.24) is 15.1 Å². The second kappa shape index (κ2) is 4.00. The van der Waals surface area contributed by atoms with Crippen molar-refractivity contribution in [3.05, 3.63) is 0 Å². The fraction of sp³-hybridized carbons (Fsp3) is 0.917. The number of hydrogen-bond donors (Lipinski definition) is 1. The Morgan fingerprint density at radius 2 is 1.94 bits per heavy atom. The van der Waals surface area contributed by atoms with Crippen molar-refractivity contribution >= 4 is 5.91 Å². The largest absolute Gasteiger partial charge is 0.337 e. The molecule has 1 saturated carbocycles. The minimum atomic E-state index is 0.0787. The normalized spacial score (nSPS) is 36.3. The Morgan fingerprint density at radius 3 is 2.56 bits per heavy atom. The fourth-order valence-electron chi connectivity index (χ4n) is 3.13. The number of amides is 1. The number of carbonyl (C=O) groups excluding carboxylic acids is 1. The van der Waals surface area contributed by atoms with Crippen LogP contribution >= 0.6 is 0 Å². The van der Waals surface area contributed by atoms with E-state index in [4.69, 9.17) is 0 Å². The fourth-order valence-corrected chi connectivity index (χ4v) is 3.13. The molecule has 90 valence electrons. The molecular weight excluding hydrogens is 202 g/mol. The first kappa shape index (κ1) is 10.5. The predicted molar refractivity (Wildman–Crippen MR) is 62.2 cm³/mol. The van der Waals surface area contributed by atoms with Crippen molar-refractivity contribution in [1.29, 1.82) is 0 Å². The number of likely N-dealkylation sites (N-methyl/N-ethyl adjacent to an activating group) is 1. The summed E-state index contributed by atoms with van der Waals surface area (Å²) in [5.74, 6) is 0.324. The number of nitrogens with zero attached hydrogens (tertiary/aromatic N) is 2. The summed E-state index contributed by atoms with van der Waals surface area (Å²) in [6, 6.07) is 1.42. The van der Waals surface area contributed by atoms with E-state index >= 15 is 0 Å². The van der Waals surface area contributed by atoms with Crippen LogP contribution in [0, 0.1) is 0 Å². The van der Waals surface area contributed by atoms with Gasteiger partial charge in [-0.2, -0.15) is 0 Å². The molecule has 3 fully saturated rings. The van der Waals surface area contributed by atoms with Crippen LogP contribution in [0.5, 0.6) is 0 Å². The van der Waals surface area contributed by atoms with E-state index in [0.29, 0.717) is 11.9 Å². The van der Waals surface area contributed by atoms with Crippen LogP contribution in [0.3, 0.4) is 0 Å². The highest BCUT2D eigenvalue weighted by molar-refractivity contribution is 5.84. The molecule has 1 amide bonds. The second-order valence-corrected chi connectivity index (χ2v) is 5.33. The molecule has 0 aromatic carbocycles. The first-order valence-electron chi connectivity index (χ1n) is 6.51. The van der Waals surface area contributed by atoms with Gasteiger partial charge in [-0.3, -0.25) is 9.69 Å². The van der Waals surface area contributed by atoms with E-state index in [9.17, 15) is 4.79 Å². The third kappa shape index (κ3) is 1.74. The molecule has 2 aliphatic heterocycles.